The van der Waals surface area contributed by atoms with Gasteiger partial charge in [-0.25, -0.2) is 4.79 Å². The highest BCUT2D eigenvalue weighted by Gasteiger charge is 2.15. The summed E-state index contributed by atoms with van der Waals surface area (Å²) in [5.74, 6) is -1.35. The minimum absolute atomic E-state index is 0.0596. The van der Waals surface area contributed by atoms with Crippen LogP contribution in [0.2, 0.25) is 0 Å². The molecule has 1 aromatic carbocycles. The molecular formula is C10H8BrIO3. The normalized spacial score (nSPS) is 9.80. The third-order valence-electron chi connectivity index (χ3n) is 1.77. The number of carbonyl (C=O) groups excluding carboxylic acids is 2. The number of esters is 1. The van der Waals surface area contributed by atoms with Crippen molar-refractivity contribution >= 4 is 50.3 Å². The summed E-state index contributed by atoms with van der Waals surface area (Å²) in [5.41, 5.74) is 0.789. The van der Waals surface area contributed by atoms with Gasteiger partial charge in [-0.3, -0.25) is 4.79 Å². The maximum atomic E-state index is 11.3. The first kappa shape index (κ1) is 12.6. The van der Waals surface area contributed by atoms with Crippen LogP contribution in [-0.4, -0.2) is 18.9 Å². The van der Waals surface area contributed by atoms with E-state index in [2.05, 4.69) is 43.3 Å². The van der Waals surface area contributed by atoms with Gasteiger partial charge in [-0.05, 0) is 46.4 Å². The summed E-state index contributed by atoms with van der Waals surface area (Å²) in [5, 5.41) is 0. The Morgan fingerprint density at radius 2 is 2.13 bits per heavy atom. The molecule has 0 fully saturated rings. The van der Waals surface area contributed by atoms with Crippen LogP contribution in [0.25, 0.3) is 0 Å². The Labute approximate surface area is 109 Å². The van der Waals surface area contributed by atoms with Crippen LogP contribution in [0.15, 0.2) is 22.7 Å². The number of carbonyl (C=O) groups is 2. The highest BCUT2D eigenvalue weighted by Crippen LogP contribution is 2.20. The van der Waals surface area contributed by atoms with Crippen LogP contribution in [0.5, 0.6) is 0 Å². The molecule has 0 amide bonds. The molecule has 0 saturated heterocycles. The minimum atomic E-state index is -0.805. The molecule has 3 nitrogen and oxygen atoms in total. The summed E-state index contributed by atoms with van der Waals surface area (Å²) < 4.78 is 6.19. The van der Waals surface area contributed by atoms with Crippen LogP contribution in [0, 0.1) is 3.57 Å². The van der Waals surface area contributed by atoms with Crippen molar-refractivity contribution in [2.75, 3.05) is 7.11 Å². The van der Waals surface area contributed by atoms with Crippen LogP contribution < -0.4 is 0 Å². The highest BCUT2D eigenvalue weighted by molar-refractivity contribution is 14.1. The molecule has 0 aliphatic carbocycles. The molecule has 1 rings (SSSR count). The first-order valence-corrected chi connectivity index (χ1v) is 5.97. The Bertz CT molecular complexity index is 404. The molecule has 0 heterocycles. The second-order valence-electron chi connectivity index (χ2n) is 2.83. The number of methoxy groups -OCH3 is 1. The Morgan fingerprint density at radius 3 is 2.73 bits per heavy atom. The van der Waals surface area contributed by atoms with Crippen molar-refractivity contribution in [3.05, 3.63) is 31.8 Å². The van der Waals surface area contributed by atoms with Crippen molar-refractivity contribution in [3.8, 4) is 0 Å². The predicted octanol–water partition coefficient (Wildman–Crippen LogP) is 2.34. The van der Waals surface area contributed by atoms with E-state index in [1.165, 1.54) is 7.11 Å². The second kappa shape index (κ2) is 5.60. The summed E-state index contributed by atoms with van der Waals surface area (Å²) >= 11 is 5.47. The van der Waals surface area contributed by atoms with E-state index in [0.717, 1.165) is 13.6 Å². The van der Waals surface area contributed by atoms with Gasteiger partial charge in [0, 0.05) is 14.5 Å². The summed E-state index contributed by atoms with van der Waals surface area (Å²) in [4.78, 5) is 22.2. The van der Waals surface area contributed by atoms with Gasteiger partial charge in [0.1, 0.15) is 0 Å². The Kier molecular flexibility index (Phi) is 4.72. The van der Waals surface area contributed by atoms with E-state index in [1.807, 2.05) is 18.2 Å². The number of Topliss-reactive ketones (excluding diaryl/α,β-unsaturated/α-hetero) is 1. The molecule has 15 heavy (non-hydrogen) atoms. The van der Waals surface area contributed by atoms with Gasteiger partial charge in [-0.15, -0.1) is 0 Å². The maximum absolute atomic E-state index is 11.3. The molecule has 0 aliphatic heterocycles. The number of hydrogen-bond acceptors (Lipinski definition) is 3. The number of hydrogen-bond donors (Lipinski definition) is 0. The standard InChI is InChI=1S/C10H8BrIO3/c1-15-10(14)9(13)5-6-4-7(12)2-3-8(6)11/h2-4H,5H2,1H3. The third-order valence-corrected chi connectivity index (χ3v) is 3.22. The van der Waals surface area contributed by atoms with Crippen LogP contribution >= 0.6 is 38.5 Å². The van der Waals surface area contributed by atoms with Gasteiger partial charge in [0.05, 0.1) is 7.11 Å². The van der Waals surface area contributed by atoms with Crippen molar-refractivity contribution < 1.29 is 14.3 Å². The lowest BCUT2D eigenvalue weighted by atomic mass is 10.1. The zero-order valence-electron chi connectivity index (χ0n) is 7.92. The van der Waals surface area contributed by atoms with E-state index in [-0.39, 0.29) is 6.42 Å². The fourth-order valence-electron chi connectivity index (χ4n) is 1.04. The van der Waals surface area contributed by atoms with Crippen molar-refractivity contribution in [2.24, 2.45) is 0 Å². The van der Waals surface area contributed by atoms with Crippen LogP contribution in [0.3, 0.4) is 0 Å². The highest BCUT2D eigenvalue weighted by atomic mass is 127. The zero-order valence-corrected chi connectivity index (χ0v) is 11.7. The van der Waals surface area contributed by atoms with Crippen molar-refractivity contribution in [1.29, 1.82) is 0 Å². The van der Waals surface area contributed by atoms with Crippen LogP contribution in [-0.2, 0) is 20.7 Å². The average Bonchev–Trinajstić information content (AvgIpc) is 2.22. The lowest BCUT2D eigenvalue weighted by Gasteiger charge is -2.03. The molecule has 5 heteroatoms. The number of benzene rings is 1. The fourth-order valence-corrected chi connectivity index (χ4v) is 1.98. The van der Waals surface area contributed by atoms with Crippen LogP contribution in [0.1, 0.15) is 5.56 Å². The molecule has 0 unspecified atom stereocenters. The summed E-state index contributed by atoms with van der Waals surface area (Å²) in [7, 11) is 1.20. The third kappa shape index (κ3) is 3.57. The average molecular weight is 383 g/mol. The van der Waals surface area contributed by atoms with Gasteiger partial charge in [-0.2, -0.15) is 0 Å². The Morgan fingerprint density at radius 1 is 1.47 bits per heavy atom. The SMILES string of the molecule is COC(=O)C(=O)Cc1cc(I)ccc1Br. The molecule has 0 bridgehead atoms. The first-order valence-electron chi connectivity index (χ1n) is 4.09. The second-order valence-corrected chi connectivity index (χ2v) is 4.93. The van der Waals surface area contributed by atoms with Crippen LogP contribution in [0.4, 0.5) is 0 Å². The molecule has 1 aromatic rings. The van der Waals surface area contributed by atoms with Gasteiger partial charge in [0.25, 0.3) is 0 Å². The lowest BCUT2D eigenvalue weighted by Crippen LogP contribution is -2.18. The molecule has 0 aliphatic rings. The molecule has 0 N–H and O–H groups in total. The monoisotopic (exact) mass is 382 g/mol. The number of rotatable bonds is 3. The molecule has 0 aromatic heterocycles. The van der Waals surface area contributed by atoms with E-state index in [1.54, 1.807) is 0 Å². The molecule has 0 spiro atoms. The van der Waals surface area contributed by atoms with Crippen molar-refractivity contribution in [2.45, 2.75) is 6.42 Å². The number of halogens is 2. The topological polar surface area (TPSA) is 43.4 Å². The van der Waals surface area contributed by atoms with E-state index in [9.17, 15) is 9.59 Å². The summed E-state index contributed by atoms with van der Waals surface area (Å²) in [6.45, 7) is 0. The Balaban J connectivity index is 2.85. The number of ketones is 1. The Hall–Kier alpha value is -0.430. The van der Waals surface area contributed by atoms with E-state index >= 15 is 0 Å². The van der Waals surface area contributed by atoms with Gasteiger partial charge in [-0.1, -0.05) is 15.9 Å². The fraction of sp³-hybridized carbons (Fsp3) is 0.200. The van der Waals surface area contributed by atoms with Gasteiger partial charge >= 0.3 is 5.97 Å². The van der Waals surface area contributed by atoms with Crippen molar-refractivity contribution in [3.63, 3.8) is 0 Å². The number of ether oxygens (including phenoxy) is 1. The van der Waals surface area contributed by atoms with E-state index in [4.69, 9.17) is 0 Å². The molecular weight excluding hydrogens is 375 g/mol. The summed E-state index contributed by atoms with van der Waals surface area (Å²) in [6.07, 6.45) is 0.0596. The molecule has 0 atom stereocenters. The van der Waals surface area contributed by atoms with E-state index in [0.29, 0.717) is 0 Å². The predicted molar refractivity (Wildman–Crippen MR) is 67.6 cm³/mol. The molecule has 0 saturated carbocycles. The maximum Gasteiger partial charge on any atom is 0.374 e. The van der Waals surface area contributed by atoms with E-state index < -0.39 is 11.8 Å². The van der Waals surface area contributed by atoms with Gasteiger partial charge in [0.15, 0.2) is 0 Å². The quantitative estimate of drug-likeness (QED) is 0.458. The van der Waals surface area contributed by atoms with Gasteiger partial charge in [0.2, 0.25) is 5.78 Å². The largest absolute Gasteiger partial charge is 0.463 e. The first-order chi connectivity index (χ1) is 7.04. The summed E-state index contributed by atoms with van der Waals surface area (Å²) in [6, 6.07) is 5.61. The molecule has 0 radical (unpaired) electrons. The molecule has 80 valence electrons. The zero-order chi connectivity index (χ0) is 11.4. The smallest absolute Gasteiger partial charge is 0.374 e. The minimum Gasteiger partial charge on any atom is -0.463 e. The van der Waals surface area contributed by atoms with Gasteiger partial charge < -0.3 is 4.74 Å². The van der Waals surface area contributed by atoms with Crippen molar-refractivity contribution in [1.82, 2.24) is 0 Å². The lowest BCUT2D eigenvalue weighted by molar-refractivity contribution is -0.151.